The molecule has 0 spiro atoms. The first-order valence-electron chi connectivity index (χ1n) is 8.07. The predicted octanol–water partition coefficient (Wildman–Crippen LogP) is 2.59. The fraction of sp³-hybridized carbons (Fsp3) is 0.750. The summed E-state index contributed by atoms with van der Waals surface area (Å²) in [6, 6.07) is 0. The van der Waals surface area contributed by atoms with Gasteiger partial charge in [0.2, 0.25) is 5.91 Å². The Morgan fingerprint density at radius 1 is 1.41 bits per heavy atom. The van der Waals surface area contributed by atoms with Crippen molar-refractivity contribution in [3.05, 3.63) is 15.6 Å². The molecule has 122 valence electrons. The number of hydrogen-bond donors (Lipinski definition) is 1. The van der Waals surface area contributed by atoms with Gasteiger partial charge in [-0.25, -0.2) is 9.37 Å². The van der Waals surface area contributed by atoms with E-state index in [1.165, 1.54) is 4.88 Å². The van der Waals surface area contributed by atoms with E-state index in [2.05, 4.69) is 15.2 Å². The lowest BCUT2D eigenvalue weighted by molar-refractivity contribution is -0.123. The van der Waals surface area contributed by atoms with Gasteiger partial charge in [0, 0.05) is 30.4 Å². The zero-order valence-electron chi connectivity index (χ0n) is 13.3. The quantitative estimate of drug-likeness (QED) is 0.905. The van der Waals surface area contributed by atoms with E-state index < -0.39 is 5.67 Å². The zero-order valence-corrected chi connectivity index (χ0v) is 14.1. The Labute approximate surface area is 135 Å². The zero-order chi connectivity index (χ0) is 15.7. The van der Waals surface area contributed by atoms with E-state index in [0.717, 1.165) is 43.2 Å². The Morgan fingerprint density at radius 2 is 2.09 bits per heavy atom. The Hall–Kier alpha value is -1.01. The van der Waals surface area contributed by atoms with E-state index in [9.17, 15) is 9.18 Å². The van der Waals surface area contributed by atoms with E-state index in [4.69, 9.17) is 0 Å². The number of nitrogens with zero attached hydrogens (tertiary/aromatic N) is 2. The maximum atomic E-state index is 14.8. The normalized spacial score (nSPS) is 21.8. The van der Waals surface area contributed by atoms with Crippen molar-refractivity contribution in [2.75, 3.05) is 19.6 Å². The number of likely N-dealkylation sites (tertiary alicyclic amines) is 1. The first kappa shape index (κ1) is 15.9. The number of hydrogen-bond acceptors (Lipinski definition) is 4. The van der Waals surface area contributed by atoms with Gasteiger partial charge in [0.25, 0.3) is 0 Å². The summed E-state index contributed by atoms with van der Waals surface area (Å²) < 4.78 is 14.8. The summed E-state index contributed by atoms with van der Waals surface area (Å²) in [5, 5.41) is 3.88. The van der Waals surface area contributed by atoms with Gasteiger partial charge in [0.1, 0.15) is 5.67 Å². The molecular weight excluding hydrogens is 301 g/mol. The molecule has 2 fully saturated rings. The first-order chi connectivity index (χ1) is 10.5. The minimum atomic E-state index is -1.24. The molecule has 0 atom stereocenters. The van der Waals surface area contributed by atoms with Gasteiger partial charge in [0.05, 0.1) is 17.2 Å². The standard InChI is InChI=1S/C16H24FN3OS/c1-11-14(22-12(2)19-11)9-20-7-5-16(17,6-8-20)10-18-15(21)13-3-4-13/h13H,3-10H2,1-2H3,(H,18,21). The smallest absolute Gasteiger partial charge is 0.223 e. The molecule has 0 aromatic carbocycles. The lowest BCUT2D eigenvalue weighted by Crippen LogP contribution is -2.48. The molecular formula is C16H24FN3OS. The number of thiazole rings is 1. The van der Waals surface area contributed by atoms with Crippen LogP contribution in [0.2, 0.25) is 0 Å². The van der Waals surface area contributed by atoms with Crippen molar-refractivity contribution in [2.45, 2.75) is 51.7 Å². The number of halogens is 1. The van der Waals surface area contributed by atoms with E-state index in [1.807, 2.05) is 13.8 Å². The molecule has 6 heteroatoms. The molecule has 0 bridgehead atoms. The van der Waals surface area contributed by atoms with Gasteiger partial charge in [-0.05, 0) is 39.5 Å². The predicted molar refractivity (Wildman–Crippen MR) is 85.7 cm³/mol. The van der Waals surface area contributed by atoms with E-state index >= 15 is 0 Å². The van der Waals surface area contributed by atoms with Crippen LogP contribution >= 0.6 is 11.3 Å². The molecule has 1 aromatic heterocycles. The summed E-state index contributed by atoms with van der Waals surface area (Å²) in [4.78, 5) is 19.7. The van der Waals surface area contributed by atoms with E-state index in [0.29, 0.717) is 12.8 Å². The van der Waals surface area contributed by atoms with Crippen LogP contribution in [0.1, 0.15) is 41.3 Å². The van der Waals surface area contributed by atoms with Crippen LogP contribution in [0, 0.1) is 19.8 Å². The van der Waals surface area contributed by atoms with Crippen molar-refractivity contribution < 1.29 is 9.18 Å². The summed E-state index contributed by atoms with van der Waals surface area (Å²) in [6.07, 6.45) is 2.92. The molecule has 2 aliphatic rings. The minimum absolute atomic E-state index is 0.0372. The third kappa shape index (κ3) is 3.84. The lowest BCUT2D eigenvalue weighted by Gasteiger charge is -2.36. The third-order valence-corrected chi connectivity index (χ3v) is 5.70. The van der Waals surface area contributed by atoms with Crippen LogP contribution in [0.4, 0.5) is 4.39 Å². The molecule has 1 aliphatic heterocycles. The molecule has 3 rings (SSSR count). The average Bonchev–Trinajstić information content (AvgIpc) is 3.27. The number of aryl methyl sites for hydroxylation is 2. The number of carbonyl (C=O) groups is 1. The van der Waals surface area contributed by atoms with Gasteiger partial charge >= 0.3 is 0 Å². The molecule has 1 aromatic rings. The number of amides is 1. The van der Waals surface area contributed by atoms with E-state index in [-0.39, 0.29) is 18.4 Å². The Kier molecular flexibility index (Phi) is 4.50. The second-order valence-corrected chi connectivity index (χ2v) is 7.95. The number of alkyl halides is 1. The largest absolute Gasteiger partial charge is 0.353 e. The monoisotopic (exact) mass is 325 g/mol. The fourth-order valence-corrected chi connectivity index (χ4v) is 3.93. The highest BCUT2D eigenvalue weighted by molar-refractivity contribution is 7.11. The maximum Gasteiger partial charge on any atom is 0.223 e. The van der Waals surface area contributed by atoms with Crippen molar-refractivity contribution >= 4 is 17.2 Å². The van der Waals surface area contributed by atoms with Gasteiger partial charge in [-0.15, -0.1) is 11.3 Å². The molecule has 0 radical (unpaired) electrons. The SMILES string of the molecule is Cc1nc(C)c(CN2CCC(F)(CNC(=O)C3CC3)CC2)s1. The number of aromatic nitrogens is 1. The minimum Gasteiger partial charge on any atom is -0.353 e. The number of carbonyl (C=O) groups excluding carboxylic acids is 1. The average molecular weight is 325 g/mol. The van der Waals surface area contributed by atoms with Gasteiger partial charge in [-0.1, -0.05) is 0 Å². The molecule has 1 amide bonds. The van der Waals surface area contributed by atoms with Gasteiger partial charge < -0.3 is 5.32 Å². The summed E-state index contributed by atoms with van der Waals surface area (Å²) >= 11 is 1.73. The summed E-state index contributed by atoms with van der Waals surface area (Å²) in [5.74, 6) is 0.191. The molecule has 1 saturated heterocycles. The lowest BCUT2D eigenvalue weighted by atomic mass is 9.93. The second-order valence-electron chi connectivity index (χ2n) is 6.66. The molecule has 2 heterocycles. The second kappa shape index (κ2) is 6.24. The van der Waals surface area contributed by atoms with Crippen LogP contribution in [-0.2, 0) is 11.3 Å². The van der Waals surface area contributed by atoms with Crippen molar-refractivity contribution in [3.63, 3.8) is 0 Å². The van der Waals surface area contributed by atoms with Crippen molar-refractivity contribution in [3.8, 4) is 0 Å². The Balaban J connectivity index is 1.46. The van der Waals surface area contributed by atoms with Gasteiger partial charge in [0.15, 0.2) is 0 Å². The highest BCUT2D eigenvalue weighted by Gasteiger charge is 2.37. The molecule has 22 heavy (non-hydrogen) atoms. The van der Waals surface area contributed by atoms with Gasteiger partial charge in [-0.3, -0.25) is 9.69 Å². The highest BCUT2D eigenvalue weighted by atomic mass is 32.1. The maximum absolute atomic E-state index is 14.8. The highest BCUT2D eigenvalue weighted by Crippen LogP contribution is 2.31. The Bertz CT molecular complexity index is 548. The van der Waals surface area contributed by atoms with Crippen LogP contribution in [0.3, 0.4) is 0 Å². The first-order valence-corrected chi connectivity index (χ1v) is 8.89. The van der Waals surface area contributed by atoms with Crippen LogP contribution in [0.25, 0.3) is 0 Å². The van der Waals surface area contributed by atoms with Crippen molar-refractivity contribution in [1.29, 1.82) is 0 Å². The molecule has 4 nitrogen and oxygen atoms in total. The van der Waals surface area contributed by atoms with Crippen LogP contribution in [-0.4, -0.2) is 41.1 Å². The summed E-state index contributed by atoms with van der Waals surface area (Å²) in [5.41, 5.74) is -0.143. The summed E-state index contributed by atoms with van der Waals surface area (Å²) in [6.45, 7) is 6.58. The molecule has 1 saturated carbocycles. The van der Waals surface area contributed by atoms with Crippen molar-refractivity contribution in [1.82, 2.24) is 15.2 Å². The molecule has 1 aliphatic carbocycles. The van der Waals surface area contributed by atoms with E-state index in [1.54, 1.807) is 11.3 Å². The molecule has 1 N–H and O–H groups in total. The number of nitrogens with one attached hydrogen (secondary N) is 1. The van der Waals surface area contributed by atoms with Crippen LogP contribution < -0.4 is 5.32 Å². The number of piperidine rings is 1. The van der Waals surface area contributed by atoms with Crippen molar-refractivity contribution in [2.24, 2.45) is 5.92 Å². The molecule has 0 unspecified atom stereocenters. The van der Waals surface area contributed by atoms with Crippen LogP contribution in [0.5, 0.6) is 0 Å². The van der Waals surface area contributed by atoms with Crippen LogP contribution in [0.15, 0.2) is 0 Å². The summed E-state index contributed by atoms with van der Waals surface area (Å²) in [7, 11) is 0. The third-order valence-electron chi connectivity index (χ3n) is 4.65. The topological polar surface area (TPSA) is 45.2 Å². The Morgan fingerprint density at radius 3 is 2.64 bits per heavy atom. The van der Waals surface area contributed by atoms with Gasteiger partial charge in [-0.2, -0.15) is 0 Å². The fourth-order valence-electron chi connectivity index (χ4n) is 2.95. The number of rotatable bonds is 5.